The van der Waals surface area contributed by atoms with Crippen molar-refractivity contribution in [3.8, 4) is 11.1 Å². The molecule has 0 aliphatic carbocycles. The first-order valence-corrected chi connectivity index (χ1v) is 15.0. The van der Waals surface area contributed by atoms with Crippen LogP contribution in [0.4, 0.5) is 40.8 Å². The largest absolute Gasteiger partial charge is 0.480 e. The summed E-state index contributed by atoms with van der Waals surface area (Å²) in [6, 6.07) is 4.31. The monoisotopic (exact) mass is 712 g/mol. The van der Waals surface area contributed by atoms with Crippen LogP contribution in [0.2, 0.25) is 0 Å². The minimum atomic E-state index is -4.91. The summed E-state index contributed by atoms with van der Waals surface area (Å²) in [6.45, 7) is 0.840. The number of pyridine rings is 2. The number of benzene rings is 2. The summed E-state index contributed by atoms with van der Waals surface area (Å²) in [7, 11) is 1.30. The van der Waals surface area contributed by atoms with Gasteiger partial charge in [0.25, 0.3) is 11.5 Å². The number of hydrogen-bond donors (Lipinski definition) is 2. The number of fused-ring (bicyclic) bond motifs is 1. The van der Waals surface area contributed by atoms with E-state index in [0.29, 0.717) is 12.1 Å². The summed E-state index contributed by atoms with van der Waals surface area (Å²) in [5, 5.41) is 12.1. The van der Waals surface area contributed by atoms with Crippen molar-refractivity contribution < 1.29 is 54.6 Å². The molecule has 0 spiro atoms. The molecule has 0 saturated carbocycles. The van der Waals surface area contributed by atoms with Crippen LogP contribution >= 0.6 is 0 Å². The van der Waals surface area contributed by atoms with Gasteiger partial charge in [0, 0.05) is 48.5 Å². The SMILES string of the molecule is Cc1cc(C(F)(F)F)c(-c2ccc(C[C@H](NC(=O)c3c(F)cc(N4CCOC[C@H]4CC(F)(F)F)cc3F)C(=O)O)c3cccnc23)c(=O)n1C. The first-order chi connectivity index (χ1) is 23.4. The molecule has 2 aromatic carbocycles. The summed E-state index contributed by atoms with van der Waals surface area (Å²) in [5.74, 6) is -6.03. The van der Waals surface area contributed by atoms with E-state index in [4.69, 9.17) is 4.74 Å². The lowest BCUT2D eigenvalue weighted by atomic mass is 9.93. The number of morpholine rings is 1. The number of carboxylic acid groups (broad SMARTS) is 1. The van der Waals surface area contributed by atoms with Crippen molar-refractivity contribution in [2.75, 3.05) is 24.7 Å². The number of carboxylic acids is 1. The molecule has 2 N–H and O–H groups in total. The van der Waals surface area contributed by atoms with Gasteiger partial charge in [-0.3, -0.25) is 14.6 Å². The number of hydrogen-bond acceptors (Lipinski definition) is 6. The number of nitrogens with zero attached hydrogens (tertiary/aromatic N) is 3. The minimum Gasteiger partial charge on any atom is -0.480 e. The van der Waals surface area contributed by atoms with Gasteiger partial charge in [-0.05, 0) is 36.8 Å². The van der Waals surface area contributed by atoms with Gasteiger partial charge < -0.3 is 24.6 Å². The van der Waals surface area contributed by atoms with E-state index >= 15 is 8.78 Å². The van der Waals surface area contributed by atoms with E-state index in [0.717, 1.165) is 15.5 Å². The average Bonchev–Trinajstić information content (AvgIpc) is 3.02. The zero-order valence-corrected chi connectivity index (χ0v) is 26.3. The Bertz CT molecular complexity index is 2010. The molecule has 3 heterocycles. The maximum atomic E-state index is 15.2. The maximum Gasteiger partial charge on any atom is 0.417 e. The summed E-state index contributed by atoms with van der Waals surface area (Å²) < 4.78 is 118. The van der Waals surface area contributed by atoms with Gasteiger partial charge in [0.2, 0.25) is 0 Å². The second-order valence-electron chi connectivity index (χ2n) is 11.7. The first kappa shape index (κ1) is 36.2. The first-order valence-electron chi connectivity index (χ1n) is 15.0. The molecule has 5 rings (SSSR count). The zero-order valence-electron chi connectivity index (χ0n) is 26.3. The number of anilines is 1. The van der Waals surface area contributed by atoms with Crippen molar-refractivity contribution >= 4 is 28.5 Å². The van der Waals surface area contributed by atoms with E-state index in [9.17, 15) is 45.8 Å². The molecule has 266 valence electrons. The Hall–Kier alpha value is -5.06. The van der Waals surface area contributed by atoms with E-state index < -0.39 is 83.0 Å². The average molecular weight is 713 g/mol. The number of ether oxygens (including phenoxy) is 1. The predicted molar refractivity (Wildman–Crippen MR) is 164 cm³/mol. The maximum absolute atomic E-state index is 15.2. The van der Waals surface area contributed by atoms with Gasteiger partial charge in [-0.2, -0.15) is 26.3 Å². The van der Waals surface area contributed by atoms with E-state index in [1.54, 1.807) is 0 Å². The summed E-state index contributed by atoms with van der Waals surface area (Å²) in [5.41, 5.74) is -4.35. The van der Waals surface area contributed by atoms with Crippen LogP contribution in [0, 0.1) is 18.6 Å². The van der Waals surface area contributed by atoms with Gasteiger partial charge >= 0.3 is 18.3 Å². The lowest BCUT2D eigenvalue weighted by Crippen LogP contribution is -2.48. The second-order valence-corrected chi connectivity index (χ2v) is 11.7. The molecule has 1 amide bonds. The molecule has 2 atom stereocenters. The third kappa shape index (κ3) is 7.41. The Morgan fingerprint density at radius 1 is 1.08 bits per heavy atom. The highest BCUT2D eigenvalue weighted by molar-refractivity contribution is 5.99. The molecule has 2 aromatic heterocycles. The minimum absolute atomic E-state index is 0.0174. The Kier molecular flexibility index (Phi) is 9.92. The van der Waals surface area contributed by atoms with Crippen molar-refractivity contribution in [2.45, 2.75) is 44.2 Å². The predicted octanol–water partition coefficient (Wildman–Crippen LogP) is 5.79. The van der Waals surface area contributed by atoms with Crippen LogP contribution < -0.4 is 15.8 Å². The van der Waals surface area contributed by atoms with Gasteiger partial charge in [-0.15, -0.1) is 0 Å². The zero-order chi connectivity index (χ0) is 36.7. The molecule has 9 nitrogen and oxygen atoms in total. The van der Waals surface area contributed by atoms with Crippen LogP contribution in [0.1, 0.15) is 33.6 Å². The number of rotatable bonds is 8. The molecule has 50 heavy (non-hydrogen) atoms. The highest BCUT2D eigenvalue weighted by Crippen LogP contribution is 2.38. The number of amides is 1. The van der Waals surface area contributed by atoms with Crippen LogP contribution in [0.3, 0.4) is 0 Å². The number of aliphatic carboxylic acids is 1. The van der Waals surface area contributed by atoms with Crippen LogP contribution in [0.25, 0.3) is 22.0 Å². The Morgan fingerprint density at radius 2 is 1.76 bits per heavy atom. The molecule has 1 aliphatic heterocycles. The van der Waals surface area contributed by atoms with E-state index in [-0.39, 0.29) is 53.2 Å². The second kappa shape index (κ2) is 13.7. The number of nitrogens with one attached hydrogen (secondary N) is 1. The van der Waals surface area contributed by atoms with Gasteiger partial charge in [0.05, 0.1) is 42.3 Å². The third-order valence-electron chi connectivity index (χ3n) is 8.41. The fourth-order valence-corrected chi connectivity index (χ4v) is 5.94. The number of carbonyl (C=O) groups excluding carboxylic acids is 1. The molecule has 1 saturated heterocycles. The van der Waals surface area contributed by atoms with Gasteiger partial charge in [-0.1, -0.05) is 18.2 Å². The van der Waals surface area contributed by atoms with E-state index in [1.807, 2.05) is 5.32 Å². The van der Waals surface area contributed by atoms with Crippen LogP contribution in [0.15, 0.2) is 53.5 Å². The Morgan fingerprint density at radius 3 is 2.38 bits per heavy atom. The van der Waals surface area contributed by atoms with Gasteiger partial charge in [-0.25, -0.2) is 13.6 Å². The van der Waals surface area contributed by atoms with Crippen LogP contribution in [-0.4, -0.2) is 64.6 Å². The van der Waals surface area contributed by atoms with Gasteiger partial charge in [0.15, 0.2) is 0 Å². The van der Waals surface area contributed by atoms with Crippen LogP contribution in [-0.2, 0) is 29.2 Å². The third-order valence-corrected chi connectivity index (χ3v) is 8.41. The topological polar surface area (TPSA) is 114 Å². The standard InChI is InChI=1S/C33H28F8N4O5/c1-16-10-22(33(39,40)41)26(30(47)44(16)2)21-6-5-17(20-4-3-7-42-28(20)21)11-25(31(48)49)43-29(46)27-23(34)12-18(13-24(27)35)45-8-9-50-15-19(45)14-32(36,37)38/h3-7,10,12-13,19,25H,8-9,11,14-15H2,1-2H3,(H,43,46)(H,48,49)/t19-,25+/m1/s1. The Balaban J connectivity index is 1.47. The van der Waals surface area contributed by atoms with Crippen molar-refractivity contribution in [1.29, 1.82) is 0 Å². The number of aromatic nitrogens is 2. The highest BCUT2D eigenvalue weighted by atomic mass is 19.4. The molecule has 0 radical (unpaired) electrons. The molecule has 1 fully saturated rings. The lowest BCUT2D eigenvalue weighted by Gasteiger charge is -2.37. The van der Waals surface area contributed by atoms with Crippen molar-refractivity contribution in [2.24, 2.45) is 7.05 Å². The number of alkyl halides is 6. The fourth-order valence-electron chi connectivity index (χ4n) is 5.94. The summed E-state index contributed by atoms with van der Waals surface area (Å²) in [6.07, 6.45) is -10.1. The Labute approximate surface area is 278 Å². The molecule has 17 heteroatoms. The quantitative estimate of drug-likeness (QED) is 0.223. The molecular weight excluding hydrogens is 684 g/mol. The fraction of sp³-hybridized carbons (Fsp3) is 0.333. The van der Waals surface area contributed by atoms with E-state index in [1.165, 1.54) is 44.4 Å². The van der Waals surface area contributed by atoms with Gasteiger partial charge in [0.1, 0.15) is 23.2 Å². The van der Waals surface area contributed by atoms with E-state index in [2.05, 4.69) is 4.98 Å². The van der Waals surface area contributed by atoms with Crippen molar-refractivity contribution in [3.05, 3.63) is 93.0 Å². The molecule has 0 bridgehead atoms. The molecular formula is C33H28F8N4O5. The number of halogens is 8. The van der Waals surface area contributed by atoms with Crippen molar-refractivity contribution in [1.82, 2.24) is 14.9 Å². The highest BCUT2D eigenvalue weighted by Gasteiger charge is 2.38. The molecule has 0 unspecified atom stereocenters. The smallest absolute Gasteiger partial charge is 0.417 e. The molecule has 4 aromatic rings. The molecule has 1 aliphatic rings. The summed E-state index contributed by atoms with van der Waals surface area (Å²) in [4.78, 5) is 43.7. The van der Waals surface area contributed by atoms with Crippen molar-refractivity contribution in [3.63, 3.8) is 0 Å². The number of carbonyl (C=O) groups is 2. The lowest BCUT2D eigenvalue weighted by molar-refractivity contribution is -0.143. The summed E-state index contributed by atoms with van der Waals surface area (Å²) >= 11 is 0. The van der Waals surface area contributed by atoms with Crippen LogP contribution in [0.5, 0.6) is 0 Å². The normalized spacial score (nSPS) is 16.0. The number of aryl methyl sites for hydroxylation is 1.